The van der Waals surface area contributed by atoms with E-state index < -0.39 is 0 Å². The number of rotatable bonds is 6. The van der Waals surface area contributed by atoms with Crippen LogP contribution < -0.4 is 9.47 Å². The Morgan fingerprint density at radius 2 is 2.15 bits per heavy atom. The minimum Gasteiger partial charge on any atom is -0.504 e. The number of phenolic OH excluding ortho intramolecular Hbond substituents is 1. The minimum absolute atomic E-state index is 0.0843. The highest BCUT2D eigenvalue weighted by Crippen LogP contribution is 2.26. The smallest absolute Gasteiger partial charge is 0.216 e. The van der Waals surface area contributed by atoms with E-state index in [1.54, 1.807) is 31.5 Å². The van der Waals surface area contributed by atoms with Crippen LogP contribution in [0.5, 0.6) is 17.2 Å². The number of hydrogen-bond donors (Lipinski definition) is 2. The fourth-order valence-corrected chi connectivity index (χ4v) is 2.53. The van der Waals surface area contributed by atoms with Crippen molar-refractivity contribution in [2.45, 2.75) is 6.92 Å². The molecule has 0 amide bonds. The van der Waals surface area contributed by atoms with Gasteiger partial charge in [-0.05, 0) is 55.0 Å². The second-order valence-electron chi connectivity index (χ2n) is 5.30. The van der Waals surface area contributed by atoms with Crippen molar-refractivity contribution in [3.8, 4) is 28.6 Å². The summed E-state index contributed by atoms with van der Waals surface area (Å²) < 4.78 is 12.5. The van der Waals surface area contributed by atoms with Gasteiger partial charge in [0.2, 0.25) is 4.77 Å². The number of nitrogens with one attached hydrogen (secondary N) is 1. The van der Waals surface area contributed by atoms with Gasteiger partial charge in [-0.3, -0.25) is 0 Å². The van der Waals surface area contributed by atoms with Crippen molar-refractivity contribution in [1.29, 1.82) is 0 Å². The van der Waals surface area contributed by atoms with Gasteiger partial charge in [-0.2, -0.15) is 14.9 Å². The summed E-state index contributed by atoms with van der Waals surface area (Å²) >= 11 is 5.27. The standard InChI is InChI=1S/C18H18N4O3S/c1-3-25-16-9-12(7-8-15(16)23)11-19-22-17(20-21-18(22)26)13-5-4-6-14(10-13)24-2/h4-11,23H,3H2,1-2H3,(H,21,26). The first-order chi connectivity index (χ1) is 12.6. The topological polar surface area (TPSA) is 84.7 Å². The fourth-order valence-electron chi connectivity index (χ4n) is 2.35. The van der Waals surface area contributed by atoms with Crippen LogP contribution in [0.4, 0.5) is 0 Å². The normalized spacial score (nSPS) is 11.0. The molecule has 0 aliphatic rings. The molecule has 3 rings (SSSR count). The van der Waals surface area contributed by atoms with Crippen molar-refractivity contribution in [2.75, 3.05) is 13.7 Å². The van der Waals surface area contributed by atoms with Gasteiger partial charge in [0, 0.05) is 5.56 Å². The molecule has 26 heavy (non-hydrogen) atoms. The number of methoxy groups -OCH3 is 1. The van der Waals surface area contributed by atoms with E-state index in [9.17, 15) is 5.11 Å². The first-order valence-electron chi connectivity index (χ1n) is 7.94. The first-order valence-corrected chi connectivity index (χ1v) is 8.35. The van der Waals surface area contributed by atoms with E-state index in [4.69, 9.17) is 21.7 Å². The number of hydrogen-bond acceptors (Lipinski definition) is 6. The Labute approximate surface area is 155 Å². The number of aromatic amines is 1. The summed E-state index contributed by atoms with van der Waals surface area (Å²) in [6.45, 7) is 2.31. The SMILES string of the molecule is CCOc1cc(C=Nn2c(-c3cccc(OC)c3)n[nH]c2=S)ccc1O. The van der Waals surface area contributed by atoms with Crippen LogP contribution >= 0.6 is 12.2 Å². The molecule has 0 saturated carbocycles. The van der Waals surface area contributed by atoms with E-state index in [2.05, 4.69) is 15.3 Å². The van der Waals surface area contributed by atoms with Crippen molar-refractivity contribution in [3.05, 3.63) is 52.8 Å². The lowest BCUT2D eigenvalue weighted by molar-refractivity contribution is 0.318. The Kier molecular flexibility index (Phi) is 5.33. The summed E-state index contributed by atoms with van der Waals surface area (Å²) in [5.74, 6) is 1.77. The molecule has 7 nitrogen and oxygen atoms in total. The monoisotopic (exact) mass is 370 g/mol. The molecule has 0 fully saturated rings. The summed E-state index contributed by atoms with van der Waals surface area (Å²) in [5.41, 5.74) is 1.57. The maximum Gasteiger partial charge on any atom is 0.216 e. The van der Waals surface area contributed by atoms with E-state index in [1.807, 2.05) is 31.2 Å². The molecule has 0 unspecified atom stereocenters. The Bertz CT molecular complexity index is 994. The molecule has 1 heterocycles. The van der Waals surface area contributed by atoms with Crippen LogP contribution in [0, 0.1) is 4.77 Å². The van der Waals surface area contributed by atoms with Crippen molar-refractivity contribution in [1.82, 2.24) is 14.9 Å². The van der Waals surface area contributed by atoms with Gasteiger partial charge in [0.1, 0.15) is 5.75 Å². The largest absolute Gasteiger partial charge is 0.504 e. The third-order valence-corrected chi connectivity index (χ3v) is 3.85. The second-order valence-corrected chi connectivity index (χ2v) is 5.69. The molecule has 134 valence electrons. The minimum atomic E-state index is 0.0843. The van der Waals surface area contributed by atoms with Crippen molar-refractivity contribution in [2.24, 2.45) is 5.10 Å². The first kappa shape index (κ1) is 17.7. The molecule has 0 bridgehead atoms. The highest BCUT2D eigenvalue weighted by Gasteiger charge is 2.09. The van der Waals surface area contributed by atoms with Gasteiger partial charge in [-0.15, -0.1) is 0 Å². The van der Waals surface area contributed by atoms with E-state index >= 15 is 0 Å². The molecule has 0 atom stereocenters. The van der Waals surface area contributed by atoms with Crippen LogP contribution in [0.15, 0.2) is 47.6 Å². The highest BCUT2D eigenvalue weighted by atomic mass is 32.1. The molecule has 0 aliphatic carbocycles. The molecule has 0 spiro atoms. The van der Waals surface area contributed by atoms with Gasteiger partial charge < -0.3 is 14.6 Å². The fraction of sp³-hybridized carbons (Fsp3) is 0.167. The average Bonchev–Trinajstić information content (AvgIpc) is 3.03. The zero-order valence-electron chi connectivity index (χ0n) is 14.3. The Morgan fingerprint density at radius 1 is 1.31 bits per heavy atom. The Morgan fingerprint density at radius 3 is 2.92 bits per heavy atom. The van der Waals surface area contributed by atoms with Crippen LogP contribution in [0.2, 0.25) is 0 Å². The van der Waals surface area contributed by atoms with Crippen LogP contribution in [-0.2, 0) is 0 Å². The summed E-state index contributed by atoms with van der Waals surface area (Å²) in [6.07, 6.45) is 1.62. The summed E-state index contributed by atoms with van der Waals surface area (Å²) in [6, 6.07) is 12.5. The number of benzene rings is 2. The molecule has 1 aromatic heterocycles. The molecular weight excluding hydrogens is 352 g/mol. The lowest BCUT2D eigenvalue weighted by atomic mass is 10.2. The predicted molar refractivity (Wildman–Crippen MR) is 102 cm³/mol. The Balaban J connectivity index is 1.96. The maximum atomic E-state index is 9.79. The van der Waals surface area contributed by atoms with E-state index in [0.717, 1.165) is 11.1 Å². The number of aromatic nitrogens is 3. The van der Waals surface area contributed by atoms with Gasteiger partial charge >= 0.3 is 0 Å². The quantitative estimate of drug-likeness (QED) is 0.511. The summed E-state index contributed by atoms with van der Waals surface area (Å²) in [5, 5.41) is 21.2. The van der Waals surface area contributed by atoms with E-state index in [0.29, 0.717) is 28.7 Å². The van der Waals surface area contributed by atoms with Crippen molar-refractivity contribution >= 4 is 18.4 Å². The van der Waals surface area contributed by atoms with Crippen LogP contribution in [-0.4, -0.2) is 39.9 Å². The molecule has 0 radical (unpaired) electrons. The highest BCUT2D eigenvalue weighted by molar-refractivity contribution is 7.71. The molecule has 3 aromatic rings. The number of H-pyrrole nitrogens is 1. The lowest BCUT2D eigenvalue weighted by Gasteiger charge is -2.06. The third kappa shape index (κ3) is 3.75. The second kappa shape index (κ2) is 7.83. The number of nitrogens with zero attached hydrogens (tertiary/aromatic N) is 3. The number of ether oxygens (including phenoxy) is 2. The average molecular weight is 370 g/mol. The Hall–Kier alpha value is -3.13. The molecule has 0 aliphatic heterocycles. The van der Waals surface area contributed by atoms with Crippen LogP contribution in [0.25, 0.3) is 11.4 Å². The molecular formula is C18H18N4O3S. The number of phenols is 1. The zero-order chi connectivity index (χ0) is 18.5. The van der Waals surface area contributed by atoms with Crippen molar-refractivity contribution < 1.29 is 14.6 Å². The van der Waals surface area contributed by atoms with Crippen molar-refractivity contribution in [3.63, 3.8) is 0 Å². The zero-order valence-corrected chi connectivity index (χ0v) is 15.2. The van der Waals surface area contributed by atoms with Gasteiger partial charge in [-0.25, -0.2) is 5.10 Å². The van der Waals surface area contributed by atoms with E-state index in [1.165, 1.54) is 4.68 Å². The molecule has 0 saturated heterocycles. The van der Waals surface area contributed by atoms with Crippen LogP contribution in [0.1, 0.15) is 12.5 Å². The third-order valence-electron chi connectivity index (χ3n) is 3.58. The molecule has 2 aromatic carbocycles. The predicted octanol–water partition coefficient (Wildman–Crippen LogP) is 3.60. The number of aromatic hydroxyl groups is 1. The summed E-state index contributed by atoms with van der Waals surface area (Å²) in [4.78, 5) is 0. The lowest BCUT2D eigenvalue weighted by Crippen LogP contribution is -1.96. The van der Waals surface area contributed by atoms with Gasteiger partial charge in [0.05, 0.1) is 19.9 Å². The van der Waals surface area contributed by atoms with Gasteiger partial charge in [-0.1, -0.05) is 12.1 Å². The maximum absolute atomic E-state index is 9.79. The molecule has 8 heteroatoms. The molecule has 2 N–H and O–H groups in total. The van der Waals surface area contributed by atoms with Gasteiger partial charge in [0.15, 0.2) is 17.3 Å². The van der Waals surface area contributed by atoms with Crippen LogP contribution in [0.3, 0.4) is 0 Å². The summed E-state index contributed by atoms with van der Waals surface area (Å²) in [7, 11) is 1.61. The van der Waals surface area contributed by atoms with E-state index in [-0.39, 0.29) is 5.75 Å². The van der Waals surface area contributed by atoms with Gasteiger partial charge in [0.25, 0.3) is 0 Å².